The van der Waals surface area contributed by atoms with Gasteiger partial charge in [-0.15, -0.1) is 29.3 Å². The third-order valence-electron chi connectivity index (χ3n) is 5.81. The molecule has 0 bridgehead atoms. The van der Waals surface area contributed by atoms with E-state index in [1.54, 1.807) is 28.2 Å². The molecule has 0 radical (unpaired) electrons. The average molecular weight is 543 g/mol. The van der Waals surface area contributed by atoms with E-state index in [-0.39, 0.29) is 17.2 Å². The van der Waals surface area contributed by atoms with Crippen LogP contribution in [0, 0.1) is 0 Å². The molecule has 0 spiro atoms. The van der Waals surface area contributed by atoms with Crippen molar-refractivity contribution in [3.05, 3.63) is 79.4 Å². The summed E-state index contributed by atoms with van der Waals surface area (Å²) in [5.74, 6) is -0.0711. The highest BCUT2D eigenvalue weighted by Gasteiger charge is 2.22. The van der Waals surface area contributed by atoms with Gasteiger partial charge in [-0.05, 0) is 42.9 Å². The van der Waals surface area contributed by atoms with Gasteiger partial charge in [0.2, 0.25) is 5.91 Å². The minimum atomic E-state index is -0.196. The van der Waals surface area contributed by atoms with Crippen molar-refractivity contribution in [3.8, 4) is 0 Å². The van der Waals surface area contributed by atoms with Gasteiger partial charge in [-0.3, -0.25) is 14.2 Å². The number of amides is 1. The Hall–Kier alpha value is -2.46. The first-order valence-electron chi connectivity index (χ1n) is 11.3. The van der Waals surface area contributed by atoms with Crippen LogP contribution in [0.15, 0.2) is 53.1 Å². The molecule has 0 unspecified atom stereocenters. The van der Waals surface area contributed by atoms with Gasteiger partial charge >= 0.3 is 0 Å². The highest BCUT2D eigenvalue weighted by Crippen LogP contribution is 2.34. The molecule has 0 atom stereocenters. The summed E-state index contributed by atoms with van der Waals surface area (Å²) in [6.07, 6.45) is 8.30. The molecule has 3 aromatic heterocycles. The first-order valence-corrected chi connectivity index (χ1v) is 14.3. The Kier molecular flexibility index (Phi) is 7.38. The van der Waals surface area contributed by atoms with Gasteiger partial charge in [0.1, 0.15) is 4.83 Å². The maximum atomic E-state index is 13.3. The van der Waals surface area contributed by atoms with Crippen LogP contribution in [0.4, 0.5) is 5.13 Å². The van der Waals surface area contributed by atoms with Crippen LogP contribution >= 0.6 is 46.0 Å². The summed E-state index contributed by atoms with van der Waals surface area (Å²) in [5, 5.41) is 5.39. The molecule has 0 saturated carbocycles. The van der Waals surface area contributed by atoms with E-state index in [1.165, 1.54) is 28.0 Å². The summed E-state index contributed by atoms with van der Waals surface area (Å²) in [5.41, 5.74) is 2.14. The lowest BCUT2D eigenvalue weighted by molar-refractivity contribution is -0.113. The van der Waals surface area contributed by atoms with E-state index in [0.29, 0.717) is 28.3 Å². The number of aromatic nitrogens is 3. The van der Waals surface area contributed by atoms with Crippen LogP contribution < -0.4 is 10.9 Å². The second-order valence-corrected chi connectivity index (χ2v) is 11.8. The Balaban J connectivity index is 1.29. The molecule has 0 aliphatic heterocycles. The molecule has 1 N–H and O–H groups in total. The number of thiophene rings is 1. The van der Waals surface area contributed by atoms with Gasteiger partial charge in [-0.1, -0.05) is 47.6 Å². The Morgan fingerprint density at radius 2 is 2.09 bits per heavy atom. The summed E-state index contributed by atoms with van der Waals surface area (Å²) in [4.78, 5) is 38.2. The number of allylic oxidation sites excluding steroid dienone is 1. The fourth-order valence-corrected chi connectivity index (χ4v) is 7.35. The number of rotatable bonds is 8. The third-order valence-corrected chi connectivity index (χ3v) is 9.25. The fraction of sp³-hybridized carbons (Fsp3) is 0.280. The monoisotopic (exact) mass is 542 g/mol. The molecular formula is C25H23ClN4O2S3. The van der Waals surface area contributed by atoms with Gasteiger partial charge in [0, 0.05) is 33.9 Å². The van der Waals surface area contributed by atoms with E-state index in [4.69, 9.17) is 16.6 Å². The number of nitrogens with zero attached hydrogens (tertiary/aromatic N) is 3. The Bertz CT molecular complexity index is 1470. The molecule has 35 heavy (non-hydrogen) atoms. The maximum absolute atomic E-state index is 13.3. The lowest BCUT2D eigenvalue weighted by Gasteiger charge is -2.12. The van der Waals surface area contributed by atoms with E-state index in [1.807, 2.05) is 24.3 Å². The largest absolute Gasteiger partial charge is 0.301 e. The number of hydrogen-bond acceptors (Lipinski definition) is 7. The van der Waals surface area contributed by atoms with Crippen molar-refractivity contribution in [2.75, 3.05) is 11.1 Å². The number of anilines is 1. The van der Waals surface area contributed by atoms with E-state index in [0.717, 1.165) is 51.9 Å². The Morgan fingerprint density at radius 3 is 2.91 bits per heavy atom. The number of carbonyl (C=O) groups excluding carboxylic acids is 1. The zero-order chi connectivity index (χ0) is 24.4. The molecule has 180 valence electrons. The zero-order valence-corrected chi connectivity index (χ0v) is 22.1. The molecule has 0 saturated heterocycles. The number of nitrogens with one attached hydrogen (secondary N) is 1. The molecule has 1 amide bonds. The molecule has 10 heteroatoms. The third kappa shape index (κ3) is 5.23. The van der Waals surface area contributed by atoms with Crippen molar-refractivity contribution in [1.82, 2.24) is 14.5 Å². The maximum Gasteiger partial charge on any atom is 0.263 e. The number of carbonyl (C=O) groups is 1. The second kappa shape index (κ2) is 10.7. The van der Waals surface area contributed by atoms with Crippen LogP contribution in [0.3, 0.4) is 0 Å². The molecule has 6 nitrogen and oxygen atoms in total. The minimum Gasteiger partial charge on any atom is -0.301 e. The minimum absolute atomic E-state index is 0.0404. The van der Waals surface area contributed by atoms with Gasteiger partial charge in [0.15, 0.2) is 10.3 Å². The molecule has 4 aromatic rings. The number of hydrogen-bond donors (Lipinski definition) is 1. The summed E-state index contributed by atoms with van der Waals surface area (Å²) in [6, 6.07) is 7.69. The van der Waals surface area contributed by atoms with E-state index in [2.05, 4.69) is 16.9 Å². The highest BCUT2D eigenvalue weighted by atomic mass is 35.5. The topological polar surface area (TPSA) is 76.9 Å². The molecular weight excluding hydrogens is 520 g/mol. The van der Waals surface area contributed by atoms with E-state index < -0.39 is 0 Å². The van der Waals surface area contributed by atoms with E-state index >= 15 is 0 Å². The summed E-state index contributed by atoms with van der Waals surface area (Å²) < 4.78 is 1.62. The fourth-order valence-electron chi connectivity index (χ4n) is 4.18. The van der Waals surface area contributed by atoms with Gasteiger partial charge in [-0.2, -0.15) is 0 Å². The Morgan fingerprint density at radius 1 is 1.26 bits per heavy atom. The van der Waals surface area contributed by atoms with Gasteiger partial charge in [0.25, 0.3) is 5.56 Å². The zero-order valence-electron chi connectivity index (χ0n) is 18.9. The summed E-state index contributed by atoms with van der Waals surface area (Å²) in [6.45, 7) is 4.15. The quantitative estimate of drug-likeness (QED) is 0.169. The predicted molar refractivity (Wildman–Crippen MR) is 146 cm³/mol. The molecule has 1 aliphatic carbocycles. The SMILES string of the molecule is C=CCn1c(SCC(=O)Nc2ncc(Cc3ccccc3Cl)s2)nc2sc3c(c2c1=O)CCCC3. The summed E-state index contributed by atoms with van der Waals surface area (Å²) in [7, 11) is 0. The molecule has 1 aliphatic rings. The molecule has 3 heterocycles. The predicted octanol–water partition coefficient (Wildman–Crippen LogP) is 5.95. The number of aryl methyl sites for hydroxylation is 2. The van der Waals surface area contributed by atoms with Gasteiger partial charge < -0.3 is 5.32 Å². The molecule has 0 fully saturated rings. The lowest BCUT2D eigenvalue weighted by atomic mass is 9.97. The van der Waals surface area contributed by atoms with Crippen LogP contribution in [0.2, 0.25) is 5.02 Å². The average Bonchev–Trinajstić information content (AvgIpc) is 3.45. The van der Waals surface area contributed by atoms with Crippen LogP contribution in [-0.2, 0) is 30.6 Å². The van der Waals surface area contributed by atoms with Crippen LogP contribution in [0.5, 0.6) is 0 Å². The first-order chi connectivity index (χ1) is 17.0. The standard InChI is InChI=1S/C25H23ClN4O2S3/c1-2-11-30-23(32)21-17-8-4-6-10-19(17)35-22(21)29-25(30)33-14-20(31)28-24-27-13-16(34-24)12-15-7-3-5-9-18(15)26/h2-3,5,7,9,13H,1,4,6,8,10-12,14H2,(H,27,28,31). The van der Waals surface area contributed by atoms with Crippen molar-refractivity contribution in [3.63, 3.8) is 0 Å². The highest BCUT2D eigenvalue weighted by molar-refractivity contribution is 7.99. The van der Waals surface area contributed by atoms with Crippen molar-refractivity contribution in [2.45, 2.75) is 43.8 Å². The molecule has 5 rings (SSSR count). The lowest BCUT2D eigenvalue weighted by Crippen LogP contribution is -2.24. The Labute approximate surface area is 220 Å². The number of thiazole rings is 1. The molecule has 1 aromatic carbocycles. The number of halogens is 1. The van der Waals surface area contributed by atoms with Gasteiger partial charge in [-0.25, -0.2) is 9.97 Å². The van der Waals surface area contributed by atoms with Crippen LogP contribution in [-0.4, -0.2) is 26.2 Å². The van der Waals surface area contributed by atoms with Crippen molar-refractivity contribution < 1.29 is 4.79 Å². The van der Waals surface area contributed by atoms with Crippen molar-refractivity contribution >= 4 is 67.3 Å². The van der Waals surface area contributed by atoms with Crippen LogP contribution in [0.1, 0.15) is 33.7 Å². The first kappa shape index (κ1) is 24.2. The van der Waals surface area contributed by atoms with E-state index in [9.17, 15) is 9.59 Å². The summed E-state index contributed by atoms with van der Waals surface area (Å²) >= 11 is 10.5. The number of thioether (sulfide) groups is 1. The number of benzene rings is 1. The van der Waals surface area contributed by atoms with Crippen molar-refractivity contribution in [2.24, 2.45) is 0 Å². The van der Waals surface area contributed by atoms with Crippen LogP contribution in [0.25, 0.3) is 10.2 Å². The normalized spacial score (nSPS) is 13.1. The van der Waals surface area contributed by atoms with Crippen molar-refractivity contribution in [1.29, 1.82) is 0 Å². The van der Waals surface area contributed by atoms with Gasteiger partial charge in [0.05, 0.1) is 11.1 Å². The number of fused-ring (bicyclic) bond motifs is 3. The smallest absolute Gasteiger partial charge is 0.263 e. The second-order valence-electron chi connectivity index (χ2n) is 8.23.